The van der Waals surface area contributed by atoms with Gasteiger partial charge < -0.3 is 15.5 Å². The van der Waals surface area contributed by atoms with Crippen molar-refractivity contribution in [1.29, 1.82) is 0 Å². The van der Waals surface area contributed by atoms with E-state index in [0.717, 1.165) is 53.6 Å². The van der Waals surface area contributed by atoms with Crippen LogP contribution in [-0.4, -0.2) is 40.1 Å². The molecule has 36 heavy (non-hydrogen) atoms. The van der Waals surface area contributed by atoms with Gasteiger partial charge in [0.1, 0.15) is 0 Å². The molecule has 1 saturated carbocycles. The van der Waals surface area contributed by atoms with E-state index >= 15 is 0 Å². The molecule has 0 unspecified atom stereocenters. The first-order valence-electron chi connectivity index (χ1n) is 12.6. The van der Waals surface area contributed by atoms with Crippen LogP contribution in [0.25, 0.3) is 22.0 Å². The average Bonchev–Trinajstić information content (AvgIpc) is 3.69. The fourth-order valence-corrected chi connectivity index (χ4v) is 4.74. The number of fused-ring (bicyclic) bond motifs is 1. The van der Waals surface area contributed by atoms with Crippen LogP contribution in [0, 0.1) is 5.92 Å². The number of para-hydroxylation sites is 2. The number of anilines is 3. The van der Waals surface area contributed by atoms with Crippen LogP contribution in [0.3, 0.4) is 0 Å². The number of aromatic nitrogens is 3. The quantitative estimate of drug-likeness (QED) is 0.351. The van der Waals surface area contributed by atoms with E-state index in [4.69, 9.17) is 0 Å². The standard InChI is InChI=1S/C28H28N6O2/c35-27(18-8-9-18)30-24-6-2-3-7-25(24)31-28(36)26-22-15-19(10-11-23(22)32-33-26)20-14-21(17-29-16-20)34-12-4-1-5-13-34/h2-3,6-7,10-11,14-18H,1,4-5,8-9,12-13H2,(H,30,35)(H,31,36)(H,32,33). The number of H-pyrrole nitrogens is 1. The second-order valence-corrected chi connectivity index (χ2v) is 9.58. The Morgan fingerprint density at radius 2 is 1.67 bits per heavy atom. The minimum atomic E-state index is -0.341. The Balaban J connectivity index is 1.26. The lowest BCUT2D eigenvalue weighted by molar-refractivity contribution is -0.117. The summed E-state index contributed by atoms with van der Waals surface area (Å²) >= 11 is 0. The Labute approximate surface area is 209 Å². The Hall–Kier alpha value is -4.20. The van der Waals surface area contributed by atoms with Gasteiger partial charge >= 0.3 is 0 Å². The van der Waals surface area contributed by atoms with Crippen molar-refractivity contribution in [3.8, 4) is 11.1 Å². The number of hydrogen-bond donors (Lipinski definition) is 3. The first kappa shape index (κ1) is 22.3. The zero-order chi connectivity index (χ0) is 24.5. The summed E-state index contributed by atoms with van der Waals surface area (Å²) in [5.41, 5.74) is 5.31. The Bertz CT molecular complexity index is 1440. The van der Waals surface area contributed by atoms with Gasteiger partial charge in [0.15, 0.2) is 5.69 Å². The normalized spacial score (nSPS) is 15.6. The van der Waals surface area contributed by atoms with Crippen LogP contribution in [0.4, 0.5) is 17.1 Å². The molecule has 1 aliphatic carbocycles. The molecule has 8 nitrogen and oxygen atoms in total. The molecule has 8 heteroatoms. The van der Waals surface area contributed by atoms with E-state index in [1.807, 2.05) is 42.7 Å². The third kappa shape index (κ3) is 4.54. The van der Waals surface area contributed by atoms with Crippen LogP contribution in [0.2, 0.25) is 0 Å². The minimum Gasteiger partial charge on any atom is -0.370 e. The van der Waals surface area contributed by atoms with Gasteiger partial charge in [0, 0.05) is 36.2 Å². The van der Waals surface area contributed by atoms with Gasteiger partial charge in [-0.25, -0.2) is 0 Å². The van der Waals surface area contributed by atoms with Crippen molar-refractivity contribution in [2.24, 2.45) is 5.92 Å². The fraction of sp³-hybridized carbons (Fsp3) is 0.286. The SMILES string of the molecule is O=C(Nc1ccccc1NC(=O)C1CC1)c1n[nH]c2ccc(-c3cncc(N4CCCCC4)c3)cc12. The van der Waals surface area contributed by atoms with E-state index in [0.29, 0.717) is 17.1 Å². The molecule has 2 amide bonds. The van der Waals surface area contributed by atoms with E-state index in [1.165, 1.54) is 19.3 Å². The smallest absolute Gasteiger partial charge is 0.276 e. The number of aromatic amines is 1. The topological polar surface area (TPSA) is 103 Å². The van der Waals surface area contributed by atoms with Gasteiger partial charge in [0.2, 0.25) is 5.91 Å². The van der Waals surface area contributed by atoms with Gasteiger partial charge in [-0.2, -0.15) is 5.10 Å². The molecule has 2 fully saturated rings. The van der Waals surface area contributed by atoms with E-state index in [9.17, 15) is 9.59 Å². The third-order valence-electron chi connectivity index (χ3n) is 6.94. The number of pyridine rings is 1. The van der Waals surface area contributed by atoms with Gasteiger partial charge in [-0.15, -0.1) is 0 Å². The highest BCUT2D eigenvalue weighted by Crippen LogP contribution is 2.32. The molecule has 4 aromatic rings. The van der Waals surface area contributed by atoms with Crippen molar-refractivity contribution < 1.29 is 9.59 Å². The first-order valence-corrected chi connectivity index (χ1v) is 12.6. The summed E-state index contributed by atoms with van der Waals surface area (Å²) in [6, 6.07) is 15.3. The van der Waals surface area contributed by atoms with Gasteiger partial charge in [0.05, 0.1) is 28.8 Å². The second-order valence-electron chi connectivity index (χ2n) is 9.58. The van der Waals surface area contributed by atoms with Gasteiger partial charge in [-0.1, -0.05) is 18.2 Å². The third-order valence-corrected chi connectivity index (χ3v) is 6.94. The van der Waals surface area contributed by atoms with Crippen molar-refractivity contribution in [2.75, 3.05) is 28.6 Å². The average molecular weight is 481 g/mol. The molecule has 6 rings (SSSR count). The number of nitrogens with one attached hydrogen (secondary N) is 3. The largest absolute Gasteiger partial charge is 0.370 e. The molecule has 0 spiro atoms. The molecular formula is C28H28N6O2. The van der Waals surface area contributed by atoms with Gasteiger partial charge in [-0.3, -0.25) is 19.7 Å². The van der Waals surface area contributed by atoms with Crippen LogP contribution >= 0.6 is 0 Å². The summed E-state index contributed by atoms with van der Waals surface area (Å²) in [6.07, 6.45) is 9.30. The van der Waals surface area contributed by atoms with Crippen LogP contribution in [-0.2, 0) is 4.79 Å². The highest BCUT2D eigenvalue weighted by atomic mass is 16.2. The molecule has 3 N–H and O–H groups in total. The van der Waals surface area contributed by atoms with Crippen molar-refractivity contribution in [1.82, 2.24) is 15.2 Å². The maximum Gasteiger partial charge on any atom is 0.276 e. The number of rotatable bonds is 6. The summed E-state index contributed by atoms with van der Waals surface area (Å²) in [5.74, 6) is -0.274. The predicted molar refractivity (Wildman–Crippen MR) is 141 cm³/mol. The molecule has 182 valence electrons. The lowest BCUT2D eigenvalue weighted by atomic mass is 10.0. The van der Waals surface area contributed by atoms with E-state index < -0.39 is 0 Å². The lowest BCUT2D eigenvalue weighted by Gasteiger charge is -2.28. The first-order chi connectivity index (χ1) is 17.7. The van der Waals surface area contributed by atoms with Gasteiger partial charge in [-0.05, 0) is 68.0 Å². The number of amides is 2. The van der Waals surface area contributed by atoms with Crippen LogP contribution in [0.1, 0.15) is 42.6 Å². The summed E-state index contributed by atoms with van der Waals surface area (Å²) in [5, 5.41) is 13.8. The molecular weight excluding hydrogens is 452 g/mol. The van der Waals surface area contributed by atoms with E-state index in [2.05, 4.69) is 36.8 Å². The monoisotopic (exact) mass is 480 g/mol. The Morgan fingerprint density at radius 3 is 2.44 bits per heavy atom. The number of hydrogen-bond acceptors (Lipinski definition) is 5. The Morgan fingerprint density at radius 1 is 0.889 bits per heavy atom. The summed E-state index contributed by atoms with van der Waals surface area (Å²) in [6.45, 7) is 2.11. The highest BCUT2D eigenvalue weighted by Gasteiger charge is 2.30. The predicted octanol–water partition coefficient (Wildman–Crippen LogP) is 5.22. The summed E-state index contributed by atoms with van der Waals surface area (Å²) in [7, 11) is 0. The van der Waals surface area contributed by atoms with Gasteiger partial charge in [0.25, 0.3) is 5.91 Å². The maximum atomic E-state index is 13.3. The number of carbonyl (C=O) groups excluding carboxylic acids is 2. The van der Waals surface area contributed by atoms with E-state index in [1.54, 1.807) is 12.1 Å². The summed E-state index contributed by atoms with van der Waals surface area (Å²) < 4.78 is 0. The molecule has 0 radical (unpaired) electrons. The lowest BCUT2D eigenvalue weighted by Crippen LogP contribution is -2.29. The van der Waals surface area contributed by atoms with E-state index in [-0.39, 0.29) is 17.7 Å². The zero-order valence-electron chi connectivity index (χ0n) is 20.0. The molecule has 3 heterocycles. The maximum absolute atomic E-state index is 13.3. The number of nitrogens with zero attached hydrogens (tertiary/aromatic N) is 3. The molecule has 2 aromatic heterocycles. The Kier molecular flexibility index (Phi) is 5.85. The summed E-state index contributed by atoms with van der Waals surface area (Å²) in [4.78, 5) is 32.4. The molecule has 0 bridgehead atoms. The van der Waals surface area contributed by atoms with Crippen molar-refractivity contribution in [2.45, 2.75) is 32.1 Å². The van der Waals surface area contributed by atoms with Crippen molar-refractivity contribution in [3.63, 3.8) is 0 Å². The molecule has 0 atom stereocenters. The number of carbonyl (C=O) groups is 2. The molecule has 2 aromatic carbocycles. The van der Waals surface area contributed by atoms with Crippen LogP contribution in [0.5, 0.6) is 0 Å². The van der Waals surface area contributed by atoms with Crippen molar-refractivity contribution in [3.05, 3.63) is 66.6 Å². The second kappa shape index (κ2) is 9.45. The minimum absolute atomic E-state index is 0.00745. The van der Waals surface area contributed by atoms with Crippen LogP contribution in [0.15, 0.2) is 60.9 Å². The highest BCUT2D eigenvalue weighted by molar-refractivity contribution is 6.13. The number of piperidine rings is 1. The number of benzene rings is 2. The van der Waals surface area contributed by atoms with Crippen LogP contribution < -0.4 is 15.5 Å². The zero-order valence-corrected chi connectivity index (χ0v) is 20.0. The molecule has 1 aliphatic heterocycles. The van der Waals surface area contributed by atoms with Crippen molar-refractivity contribution >= 4 is 39.8 Å². The fourth-order valence-electron chi connectivity index (χ4n) is 4.74. The molecule has 1 saturated heterocycles. The molecule has 2 aliphatic rings.